The van der Waals surface area contributed by atoms with Crippen molar-refractivity contribution < 1.29 is 60.6 Å². The van der Waals surface area contributed by atoms with Crippen molar-refractivity contribution in [3.8, 4) is 0 Å². The molecule has 0 aromatic carbocycles. The number of aliphatic hydroxyl groups excluding tert-OH is 1. The summed E-state index contributed by atoms with van der Waals surface area (Å²) in [5.74, 6) is 0. The minimum Gasteiger partial charge on any atom is -0.386 e. The number of halogens is 1. The third-order valence-corrected chi connectivity index (χ3v) is 7.35. The van der Waals surface area contributed by atoms with Crippen LogP contribution in [0.5, 0.6) is 0 Å². The van der Waals surface area contributed by atoms with Gasteiger partial charge in [0.2, 0.25) is 0 Å². The van der Waals surface area contributed by atoms with Crippen LogP contribution in [0.3, 0.4) is 0 Å². The van der Waals surface area contributed by atoms with Crippen LogP contribution < -0.4 is 5.32 Å². The lowest BCUT2D eigenvalue weighted by molar-refractivity contribution is -0.117. The molecular formula is C8H17FNO12P3. The molecule has 1 heterocycles. The highest BCUT2D eigenvalue weighted by atomic mass is 31.3. The van der Waals surface area contributed by atoms with Gasteiger partial charge in [0.1, 0.15) is 11.7 Å². The molecule has 2 fully saturated rings. The standard InChI is InChI=1S/C8H17FNO12P3/c1-10-3-7(6(11)8(9)2-5(8)20-7)4-19-24(15,16)22-25(17,18)21-23(12,13)14/h5-6,10-11H,2-4H2,1H3,(H,15,16)(H,17,18)(H2,12,13,14). The summed E-state index contributed by atoms with van der Waals surface area (Å²) in [6.07, 6.45) is -2.71. The summed E-state index contributed by atoms with van der Waals surface area (Å²) in [6, 6.07) is 0. The number of aliphatic hydroxyl groups is 1. The van der Waals surface area contributed by atoms with Crippen molar-refractivity contribution in [2.24, 2.45) is 0 Å². The van der Waals surface area contributed by atoms with Gasteiger partial charge in [0.15, 0.2) is 5.67 Å². The summed E-state index contributed by atoms with van der Waals surface area (Å²) in [5.41, 5.74) is -3.81. The van der Waals surface area contributed by atoms with Crippen molar-refractivity contribution in [3.05, 3.63) is 0 Å². The fourth-order valence-corrected chi connectivity index (χ4v) is 5.61. The first kappa shape index (κ1) is 21.5. The summed E-state index contributed by atoms with van der Waals surface area (Å²) in [5, 5.41) is 12.6. The van der Waals surface area contributed by atoms with E-state index in [4.69, 9.17) is 19.4 Å². The number of hydrogen-bond donors (Lipinski definition) is 6. The minimum atomic E-state index is -5.66. The van der Waals surface area contributed by atoms with Gasteiger partial charge in [0, 0.05) is 13.0 Å². The lowest BCUT2D eigenvalue weighted by Crippen LogP contribution is -2.55. The normalized spacial score (nSPS) is 39.5. The number of alkyl halides is 1. The molecule has 0 amide bonds. The Morgan fingerprint density at radius 3 is 2.24 bits per heavy atom. The lowest BCUT2D eigenvalue weighted by Gasteiger charge is -2.34. The van der Waals surface area contributed by atoms with Crippen LogP contribution in [0.1, 0.15) is 6.42 Å². The van der Waals surface area contributed by atoms with Crippen LogP contribution in [-0.2, 0) is 31.6 Å². The van der Waals surface area contributed by atoms with E-state index in [-0.39, 0.29) is 13.0 Å². The van der Waals surface area contributed by atoms with E-state index in [1.54, 1.807) is 0 Å². The fourth-order valence-electron chi connectivity index (χ4n) is 2.53. The predicted molar refractivity (Wildman–Crippen MR) is 75.8 cm³/mol. The minimum absolute atomic E-state index is 0.0606. The van der Waals surface area contributed by atoms with Crippen LogP contribution >= 0.6 is 23.5 Å². The number of fused-ring (bicyclic) bond motifs is 1. The maximum Gasteiger partial charge on any atom is 0.490 e. The molecule has 1 aliphatic heterocycles. The number of phosphoric ester groups is 1. The van der Waals surface area contributed by atoms with E-state index in [0.29, 0.717) is 0 Å². The molecule has 6 atom stereocenters. The van der Waals surface area contributed by atoms with E-state index in [9.17, 15) is 28.1 Å². The van der Waals surface area contributed by atoms with Gasteiger partial charge in [-0.1, -0.05) is 0 Å². The zero-order valence-corrected chi connectivity index (χ0v) is 15.3. The first-order chi connectivity index (χ1) is 11.1. The highest BCUT2D eigenvalue weighted by Crippen LogP contribution is 2.67. The third-order valence-electron chi connectivity index (χ3n) is 3.57. The second-order valence-electron chi connectivity index (χ2n) is 5.60. The van der Waals surface area contributed by atoms with Gasteiger partial charge in [-0.05, 0) is 7.05 Å². The van der Waals surface area contributed by atoms with Crippen LogP contribution in [0, 0.1) is 0 Å². The Hall–Kier alpha value is 0.220. The molecule has 0 aromatic heterocycles. The molecule has 2 aliphatic rings. The lowest BCUT2D eigenvalue weighted by atomic mass is 9.94. The van der Waals surface area contributed by atoms with E-state index < -0.39 is 53.6 Å². The van der Waals surface area contributed by atoms with E-state index in [1.807, 2.05) is 0 Å². The van der Waals surface area contributed by atoms with Gasteiger partial charge in [-0.15, -0.1) is 0 Å². The number of likely N-dealkylation sites (N-methyl/N-ethyl adjacent to an activating group) is 1. The molecule has 0 aromatic rings. The molecule has 25 heavy (non-hydrogen) atoms. The van der Waals surface area contributed by atoms with Gasteiger partial charge in [-0.3, -0.25) is 4.52 Å². The van der Waals surface area contributed by atoms with Crippen molar-refractivity contribution in [2.75, 3.05) is 20.2 Å². The Balaban J connectivity index is 2.04. The van der Waals surface area contributed by atoms with Crippen LogP contribution in [0.2, 0.25) is 0 Å². The van der Waals surface area contributed by atoms with E-state index in [0.717, 1.165) is 0 Å². The van der Waals surface area contributed by atoms with Crippen LogP contribution in [0.25, 0.3) is 0 Å². The summed E-state index contributed by atoms with van der Waals surface area (Å²) >= 11 is 0. The topological polar surface area (TPSA) is 201 Å². The molecule has 0 bridgehead atoms. The third kappa shape index (κ3) is 4.94. The van der Waals surface area contributed by atoms with Crippen molar-refractivity contribution in [3.63, 3.8) is 0 Å². The number of phosphoric acid groups is 3. The average molecular weight is 431 g/mol. The summed E-state index contributed by atoms with van der Waals surface area (Å²) in [7, 11) is -15.1. The maximum absolute atomic E-state index is 14.2. The number of ether oxygens (including phenoxy) is 1. The molecule has 13 nitrogen and oxygen atoms in total. The van der Waals surface area contributed by atoms with E-state index in [2.05, 4.69) is 18.5 Å². The zero-order chi connectivity index (χ0) is 19.3. The van der Waals surface area contributed by atoms with Crippen LogP contribution in [0.4, 0.5) is 4.39 Å². The smallest absolute Gasteiger partial charge is 0.386 e. The summed E-state index contributed by atoms with van der Waals surface area (Å²) in [6.45, 7) is -1.13. The number of nitrogens with one attached hydrogen (secondary N) is 1. The SMILES string of the molecule is CNCC1(COP(=O)(O)OP(=O)(O)OP(=O)(O)O)OC2CC2(F)C1O. The number of hydrogen-bond acceptors (Lipinski definition) is 9. The van der Waals surface area contributed by atoms with E-state index in [1.165, 1.54) is 7.05 Å². The molecule has 148 valence electrons. The highest BCUT2D eigenvalue weighted by Gasteiger charge is 2.75. The molecule has 17 heteroatoms. The molecular weight excluding hydrogens is 414 g/mol. The Bertz CT molecular complexity index is 671. The molecule has 1 saturated heterocycles. The molecule has 1 aliphatic carbocycles. The molecule has 0 radical (unpaired) electrons. The fraction of sp³-hybridized carbons (Fsp3) is 1.00. The van der Waals surface area contributed by atoms with Gasteiger partial charge in [0.05, 0.1) is 12.7 Å². The van der Waals surface area contributed by atoms with Crippen molar-refractivity contribution >= 4 is 23.5 Å². The van der Waals surface area contributed by atoms with Crippen molar-refractivity contribution in [1.29, 1.82) is 0 Å². The average Bonchev–Trinajstić information content (AvgIpc) is 2.97. The Morgan fingerprint density at radius 2 is 1.80 bits per heavy atom. The molecule has 0 spiro atoms. The first-order valence-corrected chi connectivity index (χ1v) is 11.1. The number of rotatable bonds is 9. The van der Waals surface area contributed by atoms with Gasteiger partial charge in [-0.2, -0.15) is 8.62 Å². The predicted octanol–water partition coefficient (Wildman–Crippen LogP) is -0.840. The zero-order valence-electron chi connectivity index (χ0n) is 12.6. The molecule has 6 N–H and O–H groups in total. The van der Waals surface area contributed by atoms with Gasteiger partial charge >= 0.3 is 23.5 Å². The highest BCUT2D eigenvalue weighted by molar-refractivity contribution is 7.66. The van der Waals surface area contributed by atoms with Gasteiger partial charge in [0.25, 0.3) is 0 Å². The van der Waals surface area contributed by atoms with Crippen molar-refractivity contribution in [1.82, 2.24) is 5.32 Å². The molecule has 1 saturated carbocycles. The second kappa shape index (κ2) is 6.68. The van der Waals surface area contributed by atoms with Gasteiger partial charge < -0.3 is 34.7 Å². The first-order valence-electron chi connectivity index (χ1n) is 6.62. The molecule has 6 unspecified atom stereocenters. The quantitative estimate of drug-likeness (QED) is 0.247. The largest absolute Gasteiger partial charge is 0.490 e. The Morgan fingerprint density at radius 1 is 1.20 bits per heavy atom. The summed E-state index contributed by atoms with van der Waals surface area (Å²) < 4.78 is 64.4. The second-order valence-corrected chi connectivity index (χ2v) is 10.0. The monoisotopic (exact) mass is 431 g/mol. The van der Waals surface area contributed by atoms with Crippen LogP contribution in [0.15, 0.2) is 0 Å². The molecule has 2 rings (SSSR count). The maximum atomic E-state index is 14.2. The van der Waals surface area contributed by atoms with Crippen molar-refractivity contribution in [2.45, 2.75) is 29.9 Å². The Labute approximate surface area is 140 Å². The Kier molecular flexibility index (Phi) is 5.75. The van der Waals surface area contributed by atoms with Crippen LogP contribution in [-0.4, -0.2) is 68.4 Å². The van der Waals surface area contributed by atoms with E-state index >= 15 is 0 Å². The summed E-state index contributed by atoms with van der Waals surface area (Å²) in [4.78, 5) is 35.3. The van der Waals surface area contributed by atoms with Gasteiger partial charge in [-0.25, -0.2) is 18.1 Å².